The molecule has 0 saturated heterocycles. The minimum Gasteiger partial charge on any atom is -0.485 e. The standard InChI is InChI=1S/C7H13N5O/c1-9-11-7(4-8)5-12(2)10-6-13-3/h5-6,9,11H,1-3H3/b7-5-,10-6-. The van der Waals surface area contributed by atoms with E-state index in [4.69, 9.17) is 5.26 Å². The van der Waals surface area contributed by atoms with Crippen molar-refractivity contribution in [2.24, 2.45) is 5.10 Å². The Morgan fingerprint density at radius 2 is 2.38 bits per heavy atom. The number of allylic oxidation sites excluding steroid dienone is 1. The van der Waals surface area contributed by atoms with E-state index >= 15 is 0 Å². The van der Waals surface area contributed by atoms with Crippen LogP contribution in [0.2, 0.25) is 0 Å². The van der Waals surface area contributed by atoms with Crippen molar-refractivity contribution in [1.82, 2.24) is 15.9 Å². The van der Waals surface area contributed by atoms with Crippen LogP contribution in [0.25, 0.3) is 0 Å². The first-order chi connectivity index (χ1) is 6.24. The Hall–Kier alpha value is -1.74. The van der Waals surface area contributed by atoms with Crippen LogP contribution in [0.5, 0.6) is 0 Å². The smallest absolute Gasteiger partial charge is 0.192 e. The third kappa shape index (κ3) is 5.52. The molecule has 0 aliphatic carbocycles. The molecule has 6 heteroatoms. The minimum absolute atomic E-state index is 0.359. The number of hydrazine groups is 1. The Labute approximate surface area is 77.4 Å². The summed E-state index contributed by atoms with van der Waals surface area (Å²) >= 11 is 0. The van der Waals surface area contributed by atoms with Crippen molar-refractivity contribution in [2.45, 2.75) is 0 Å². The predicted molar refractivity (Wildman–Crippen MR) is 49.2 cm³/mol. The van der Waals surface area contributed by atoms with Gasteiger partial charge in [-0.15, -0.1) is 5.10 Å². The first kappa shape index (κ1) is 11.3. The van der Waals surface area contributed by atoms with Gasteiger partial charge in [-0.25, -0.2) is 5.43 Å². The maximum Gasteiger partial charge on any atom is 0.192 e. The van der Waals surface area contributed by atoms with Gasteiger partial charge in [0, 0.05) is 14.1 Å². The van der Waals surface area contributed by atoms with Gasteiger partial charge >= 0.3 is 0 Å². The molecule has 6 nitrogen and oxygen atoms in total. The van der Waals surface area contributed by atoms with Gasteiger partial charge in [-0.1, -0.05) is 0 Å². The molecule has 0 aromatic carbocycles. The van der Waals surface area contributed by atoms with Crippen molar-refractivity contribution in [3.63, 3.8) is 0 Å². The molecule has 0 bridgehead atoms. The molecule has 0 fully saturated rings. The van der Waals surface area contributed by atoms with E-state index < -0.39 is 0 Å². The lowest BCUT2D eigenvalue weighted by Gasteiger charge is -2.07. The molecular weight excluding hydrogens is 170 g/mol. The van der Waals surface area contributed by atoms with E-state index in [-0.39, 0.29) is 0 Å². The summed E-state index contributed by atoms with van der Waals surface area (Å²) in [5, 5.41) is 13.9. The number of rotatable bonds is 5. The maximum atomic E-state index is 8.60. The number of nitrogens with one attached hydrogen (secondary N) is 2. The van der Waals surface area contributed by atoms with Crippen LogP contribution in [0.1, 0.15) is 0 Å². The number of hydrogen-bond donors (Lipinski definition) is 2. The minimum atomic E-state index is 0.359. The lowest BCUT2D eigenvalue weighted by molar-refractivity contribution is 0.392. The quantitative estimate of drug-likeness (QED) is 0.262. The van der Waals surface area contributed by atoms with E-state index in [1.54, 1.807) is 14.1 Å². The summed E-state index contributed by atoms with van der Waals surface area (Å²) in [4.78, 5) is 0. The molecule has 2 N–H and O–H groups in total. The van der Waals surface area contributed by atoms with E-state index in [9.17, 15) is 0 Å². The second-order valence-electron chi connectivity index (χ2n) is 2.06. The highest BCUT2D eigenvalue weighted by molar-refractivity contribution is 5.45. The molecule has 13 heavy (non-hydrogen) atoms. The number of methoxy groups -OCH3 is 1. The zero-order valence-electron chi connectivity index (χ0n) is 7.90. The Morgan fingerprint density at radius 1 is 1.69 bits per heavy atom. The van der Waals surface area contributed by atoms with Crippen LogP contribution in [-0.4, -0.2) is 32.6 Å². The highest BCUT2D eigenvalue weighted by atomic mass is 16.5. The lowest BCUT2D eigenvalue weighted by Crippen LogP contribution is -2.27. The fraction of sp³-hybridized carbons (Fsp3) is 0.429. The van der Waals surface area contributed by atoms with Crippen molar-refractivity contribution in [3.8, 4) is 6.07 Å². The van der Waals surface area contributed by atoms with Gasteiger partial charge in [-0.3, -0.25) is 5.01 Å². The molecule has 0 spiro atoms. The Kier molecular flexibility index (Phi) is 6.01. The summed E-state index contributed by atoms with van der Waals surface area (Å²) in [7, 11) is 4.85. The molecule has 0 amide bonds. The number of hydrazone groups is 1. The lowest BCUT2D eigenvalue weighted by atomic mass is 10.5. The van der Waals surface area contributed by atoms with Crippen LogP contribution in [-0.2, 0) is 4.74 Å². The SMILES string of the molecule is CNN/C(C#N)=C\N(C)/N=C\OC. The highest BCUT2D eigenvalue weighted by Gasteiger charge is 1.93. The summed E-state index contributed by atoms with van der Waals surface area (Å²) in [6.07, 6.45) is 2.79. The topological polar surface area (TPSA) is 72.7 Å². The van der Waals surface area contributed by atoms with Gasteiger partial charge < -0.3 is 10.2 Å². The molecule has 0 heterocycles. The summed E-state index contributed by atoms with van der Waals surface area (Å²) < 4.78 is 4.61. The fourth-order valence-electron chi connectivity index (χ4n) is 0.565. The zero-order chi connectivity index (χ0) is 10.1. The Balaban J connectivity index is 4.17. The van der Waals surface area contributed by atoms with E-state index in [2.05, 4.69) is 20.7 Å². The Morgan fingerprint density at radius 3 is 2.85 bits per heavy atom. The van der Waals surface area contributed by atoms with E-state index in [0.29, 0.717) is 5.70 Å². The van der Waals surface area contributed by atoms with Gasteiger partial charge in [0.05, 0.1) is 13.3 Å². The van der Waals surface area contributed by atoms with Crippen molar-refractivity contribution >= 4 is 6.40 Å². The normalized spacial score (nSPS) is 11.1. The fourth-order valence-corrected chi connectivity index (χ4v) is 0.565. The van der Waals surface area contributed by atoms with Gasteiger partial charge in [0.1, 0.15) is 11.8 Å². The van der Waals surface area contributed by atoms with Gasteiger partial charge in [-0.05, 0) is 0 Å². The average Bonchev–Trinajstić information content (AvgIpc) is 2.14. The highest BCUT2D eigenvalue weighted by Crippen LogP contribution is 1.90. The summed E-state index contributed by atoms with van der Waals surface area (Å²) in [6, 6.07) is 1.94. The van der Waals surface area contributed by atoms with Gasteiger partial charge in [0.25, 0.3) is 0 Å². The summed E-state index contributed by atoms with van der Waals surface area (Å²) in [5.74, 6) is 0. The molecule has 0 aromatic rings. The van der Waals surface area contributed by atoms with Crippen LogP contribution in [0.3, 0.4) is 0 Å². The predicted octanol–water partition coefficient (Wildman–Crippen LogP) is -0.403. The van der Waals surface area contributed by atoms with E-state index in [1.165, 1.54) is 24.7 Å². The van der Waals surface area contributed by atoms with E-state index in [1.807, 2.05) is 6.07 Å². The van der Waals surface area contributed by atoms with Crippen molar-refractivity contribution < 1.29 is 4.74 Å². The molecule has 0 radical (unpaired) electrons. The molecule has 0 atom stereocenters. The molecule has 72 valence electrons. The van der Waals surface area contributed by atoms with Crippen molar-refractivity contribution in [2.75, 3.05) is 21.2 Å². The molecular formula is C7H13N5O. The molecule has 0 saturated carbocycles. The maximum absolute atomic E-state index is 8.60. The van der Waals surface area contributed by atoms with Gasteiger partial charge in [-0.2, -0.15) is 5.26 Å². The van der Waals surface area contributed by atoms with E-state index in [0.717, 1.165) is 0 Å². The van der Waals surface area contributed by atoms with Crippen LogP contribution in [0.4, 0.5) is 0 Å². The van der Waals surface area contributed by atoms with Crippen LogP contribution >= 0.6 is 0 Å². The monoisotopic (exact) mass is 183 g/mol. The first-order valence-electron chi connectivity index (χ1n) is 3.57. The molecule has 0 rings (SSSR count). The number of nitrogens with zero attached hydrogens (tertiary/aromatic N) is 3. The average molecular weight is 183 g/mol. The number of hydrogen-bond acceptors (Lipinski definition) is 6. The molecule has 0 aliphatic heterocycles. The number of nitriles is 1. The van der Waals surface area contributed by atoms with Gasteiger partial charge in [0.2, 0.25) is 0 Å². The van der Waals surface area contributed by atoms with Crippen LogP contribution < -0.4 is 10.9 Å². The third-order valence-corrected chi connectivity index (χ3v) is 1.03. The third-order valence-electron chi connectivity index (χ3n) is 1.03. The molecule has 0 unspecified atom stereocenters. The Bertz CT molecular complexity index is 230. The molecule has 0 aromatic heterocycles. The van der Waals surface area contributed by atoms with Crippen molar-refractivity contribution in [3.05, 3.63) is 11.9 Å². The van der Waals surface area contributed by atoms with Crippen LogP contribution in [0, 0.1) is 11.3 Å². The number of ether oxygens (including phenoxy) is 1. The van der Waals surface area contributed by atoms with Crippen LogP contribution in [0.15, 0.2) is 17.0 Å². The second kappa shape index (κ2) is 6.94. The zero-order valence-corrected chi connectivity index (χ0v) is 7.90. The summed E-state index contributed by atoms with van der Waals surface area (Å²) in [6.45, 7) is 0. The largest absolute Gasteiger partial charge is 0.485 e. The first-order valence-corrected chi connectivity index (χ1v) is 3.57. The van der Waals surface area contributed by atoms with Gasteiger partial charge in [0.15, 0.2) is 6.40 Å². The van der Waals surface area contributed by atoms with Crippen molar-refractivity contribution in [1.29, 1.82) is 5.26 Å². The second-order valence-corrected chi connectivity index (χ2v) is 2.06. The molecule has 0 aliphatic rings. The summed E-state index contributed by atoms with van der Waals surface area (Å²) in [5.41, 5.74) is 5.62.